The van der Waals surface area contributed by atoms with Crippen molar-refractivity contribution in [3.63, 3.8) is 0 Å². The highest BCUT2D eigenvalue weighted by atomic mass is 32.1. The number of carbonyl (C=O) groups is 3. The Labute approximate surface area is 196 Å². The van der Waals surface area contributed by atoms with Crippen molar-refractivity contribution in [3.8, 4) is 0 Å². The standard InChI is InChI=1S/C25H26N4O3S/c1-29-10-9-17-5-6-20(12-19(17)15-29)28-24(31)18-4-2-3-16(11-18)14-27-25(32)23-8-7-22(33-23)21(30)13-26/h2-8,11-12H,9-10,13-15,26H2,1H3,(H,27,32)(H,28,31). The number of nitrogens with zero attached hydrogens (tertiary/aromatic N) is 1. The predicted molar refractivity (Wildman–Crippen MR) is 130 cm³/mol. The van der Waals surface area contributed by atoms with E-state index >= 15 is 0 Å². The number of benzene rings is 2. The van der Waals surface area contributed by atoms with Gasteiger partial charge in [0.05, 0.1) is 16.3 Å². The number of carbonyl (C=O) groups excluding carboxylic acids is 3. The number of likely N-dealkylation sites (N-methyl/N-ethyl adjacent to an activating group) is 1. The van der Waals surface area contributed by atoms with E-state index in [9.17, 15) is 14.4 Å². The summed E-state index contributed by atoms with van der Waals surface area (Å²) < 4.78 is 0. The molecule has 8 heteroatoms. The Balaban J connectivity index is 1.38. The zero-order valence-corrected chi connectivity index (χ0v) is 19.2. The van der Waals surface area contributed by atoms with Gasteiger partial charge in [-0.3, -0.25) is 14.4 Å². The summed E-state index contributed by atoms with van der Waals surface area (Å²) in [5, 5.41) is 5.81. The van der Waals surface area contributed by atoms with Crippen LogP contribution in [0.3, 0.4) is 0 Å². The van der Waals surface area contributed by atoms with Crippen LogP contribution in [0.4, 0.5) is 5.69 Å². The van der Waals surface area contributed by atoms with Gasteiger partial charge in [-0.1, -0.05) is 18.2 Å². The van der Waals surface area contributed by atoms with Crippen molar-refractivity contribution in [1.82, 2.24) is 10.2 Å². The molecule has 4 rings (SSSR count). The van der Waals surface area contributed by atoms with Crippen LogP contribution in [0, 0.1) is 0 Å². The minimum Gasteiger partial charge on any atom is -0.347 e. The molecule has 0 fully saturated rings. The molecule has 1 aliphatic heterocycles. The molecule has 170 valence electrons. The maximum Gasteiger partial charge on any atom is 0.261 e. The highest BCUT2D eigenvalue weighted by Gasteiger charge is 2.15. The zero-order valence-electron chi connectivity index (χ0n) is 18.4. The number of hydrogen-bond acceptors (Lipinski definition) is 6. The van der Waals surface area contributed by atoms with Gasteiger partial charge in [0.2, 0.25) is 0 Å². The SMILES string of the molecule is CN1CCc2ccc(NC(=O)c3cccc(CNC(=O)c4ccc(C(=O)CN)s4)c3)cc2C1. The van der Waals surface area contributed by atoms with Crippen LogP contribution < -0.4 is 16.4 Å². The van der Waals surface area contributed by atoms with Gasteiger partial charge >= 0.3 is 0 Å². The third-order valence-electron chi connectivity index (χ3n) is 5.60. The van der Waals surface area contributed by atoms with Crippen LogP contribution in [0.1, 0.15) is 46.4 Å². The first-order chi connectivity index (χ1) is 15.9. The Morgan fingerprint density at radius 1 is 1.00 bits per heavy atom. The van der Waals surface area contributed by atoms with Crippen molar-refractivity contribution in [2.45, 2.75) is 19.5 Å². The molecule has 2 amide bonds. The average molecular weight is 463 g/mol. The van der Waals surface area contributed by atoms with Gasteiger partial charge in [-0.2, -0.15) is 0 Å². The Bertz CT molecular complexity index is 1200. The summed E-state index contributed by atoms with van der Waals surface area (Å²) in [6.07, 6.45) is 1.02. The number of rotatable bonds is 7. The van der Waals surface area contributed by atoms with Gasteiger partial charge in [0, 0.05) is 30.9 Å². The first kappa shape index (κ1) is 22.8. The monoisotopic (exact) mass is 462 g/mol. The van der Waals surface area contributed by atoms with E-state index in [0.717, 1.165) is 42.1 Å². The largest absolute Gasteiger partial charge is 0.347 e. The molecule has 1 aromatic heterocycles. The summed E-state index contributed by atoms with van der Waals surface area (Å²) in [6, 6.07) is 16.4. The second-order valence-electron chi connectivity index (χ2n) is 8.10. The lowest BCUT2D eigenvalue weighted by molar-refractivity contribution is 0.0953. The van der Waals surface area contributed by atoms with Crippen LogP contribution in [-0.2, 0) is 19.5 Å². The molecule has 7 nitrogen and oxygen atoms in total. The van der Waals surface area contributed by atoms with E-state index in [1.165, 1.54) is 11.1 Å². The first-order valence-corrected chi connectivity index (χ1v) is 11.6. The van der Waals surface area contributed by atoms with Gasteiger partial charge in [-0.15, -0.1) is 11.3 Å². The Hall–Kier alpha value is -3.33. The number of amides is 2. The summed E-state index contributed by atoms with van der Waals surface area (Å²) in [5.41, 5.74) is 10.0. The average Bonchev–Trinajstić information content (AvgIpc) is 3.32. The zero-order chi connectivity index (χ0) is 23.4. The number of Topliss-reactive ketones (excluding diaryl/α,β-unsaturated/α-hetero) is 1. The van der Waals surface area contributed by atoms with Gasteiger partial charge in [-0.05, 0) is 66.6 Å². The molecule has 0 saturated carbocycles. The van der Waals surface area contributed by atoms with Crippen LogP contribution in [0.5, 0.6) is 0 Å². The fraction of sp³-hybridized carbons (Fsp3) is 0.240. The van der Waals surface area contributed by atoms with E-state index in [-0.39, 0.29) is 30.7 Å². The molecule has 2 heterocycles. The highest BCUT2D eigenvalue weighted by Crippen LogP contribution is 2.22. The van der Waals surface area contributed by atoms with Gasteiger partial charge < -0.3 is 21.3 Å². The van der Waals surface area contributed by atoms with Crippen LogP contribution in [0.15, 0.2) is 54.6 Å². The molecule has 0 unspecified atom stereocenters. The lowest BCUT2D eigenvalue weighted by Crippen LogP contribution is -2.26. The van der Waals surface area contributed by atoms with E-state index < -0.39 is 0 Å². The van der Waals surface area contributed by atoms with Crippen molar-refractivity contribution in [1.29, 1.82) is 0 Å². The number of thiophene rings is 1. The summed E-state index contributed by atoms with van der Waals surface area (Å²) in [6.45, 7) is 2.10. The molecule has 0 radical (unpaired) electrons. The van der Waals surface area contributed by atoms with Gasteiger partial charge in [0.25, 0.3) is 11.8 Å². The van der Waals surface area contributed by atoms with Crippen molar-refractivity contribution in [2.24, 2.45) is 5.73 Å². The van der Waals surface area contributed by atoms with Crippen molar-refractivity contribution >= 4 is 34.6 Å². The maximum atomic E-state index is 12.8. The first-order valence-electron chi connectivity index (χ1n) is 10.7. The molecule has 3 aromatic rings. The molecule has 0 aliphatic carbocycles. The van der Waals surface area contributed by atoms with E-state index in [1.807, 2.05) is 18.2 Å². The number of fused-ring (bicyclic) bond motifs is 1. The quantitative estimate of drug-likeness (QED) is 0.468. The molecule has 0 saturated heterocycles. The molecule has 4 N–H and O–H groups in total. The second-order valence-corrected chi connectivity index (χ2v) is 9.18. The third-order valence-corrected chi connectivity index (χ3v) is 6.72. The molecule has 1 aliphatic rings. The number of hydrogen-bond donors (Lipinski definition) is 3. The highest BCUT2D eigenvalue weighted by molar-refractivity contribution is 7.16. The number of ketones is 1. The van der Waals surface area contributed by atoms with E-state index in [2.05, 4.69) is 28.6 Å². The van der Waals surface area contributed by atoms with E-state index in [0.29, 0.717) is 15.3 Å². The maximum absolute atomic E-state index is 12.8. The molecule has 0 atom stereocenters. The van der Waals surface area contributed by atoms with Crippen molar-refractivity contribution < 1.29 is 14.4 Å². The van der Waals surface area contributed by atoms with Gasteiger partial charge in [-0.25, -0.2) is 0 Å². The summed E-state index contributed by atoms with van der Waals surface area (Å²) in [4.78, 5) is 40.1. The minimum absolute atomic E-state index is 0.0844. The summed E-state index contributed by atoms with van der Waals surface area (Å²) in [7, 11) is 2.09. The topological polar surface area (TPSA) is 105 Å². The van der Waals surface area contributed by atoms with Crippen molar-refractivity contribution in [2.75, 3.05) is 25.5 Å². The minimum atomic E-state index is -0.273. The van der Waals surface area contributed by atoms with Gasteiger partial charge in [0.15, 0.2) is 5.78 Å². The van der Waals surface area contributed by atoms with E-state index in [4.69, 9.17) is 5.73 Å². The number of nitrogens with two attached hydrogens (primary N) is 1. The van der Waals surface area contributed by atoms with E-state index in [1.54, 1.807) is 30.3 Å². The Kier molecular flexibility index (Phi) is 6.98. The number of nitrogens with one attached hydrogen (secondary N) is 2. The predicted octanol–water partition coefficient (Wildman–Crippen LogP) is 3.06. The Morgan fingerprint density at radius 3 is 2.64 bits per heavy atom. The molecule has 33 heavy (non-hydrogen) atoms. The molecular weight excluding hydrogens is 436 g/mol. The normalized spacial score (nSPS) is 13.3. The van der Waals surface area contributed by atoms with Crippen LogP contribution in [-0.4, -0.2) is 42.6 Å². The molecule has 0 spiro atoms. The fourth-order valence-electron chi connectivity index (χ4n) is 3.78. The lowest BCUT2D eigenvalue weighted by Gasteiger charge is -2.25. The molecule has 2 aromatic carbocycles. The van der Waals surface area contributed by atoms with Crippen LogP contribution >= 0.6 is 11.3 Å². The van der Waals surface area contributed by atoms with Crippen LogP contribution in [0.2, 0.25) is 0 Å². The molecular formula is C25H26N4O3S. The third kappa shape index (κ3) is 5.54. The smallest absolute Gasteiger partial charge is 0.261 e. The Morgan fingerprint density at radius 2 is 1.82 bits per heavy atom. The molecule has 0 bridgehead atoms. The lowest BCUT2D eigenvalue weighted by atomic mass is 9.99. The number of anilines is 1. The fourth-order valence-corrected chi connectivity index (χ4v) is 4.65. The second kappa shape index (κ2) is 10.1. The van der Waals surface area contributed by atoms with Gasteiger partial charge in [0.1, 0.15) is 0 Å². The van der Waals surface area contributed by atoms with Crippen LogP contribution in [0.25, 0.3) is 0 Å². The van der Waals surface area contributed by atoms with Crippen molar-refractivity contribution in [3.05, 3.63) is 86.6 Å². The summed E-state index contributed by atoms with van der Waals surface area (Å²) >= 11 is 1.12. The summed E-state index contributed by atoms with van der Waals surface area (Å²) in [5.74, 6) is -0.663.